The molecule has 0 unspecified atom stereocenters. The molecule has 0 spiro atoms. The van der Waals surface area contributed by atoms with Gasteiger partial charge in [0, 0.05) is 0 Å². The standard InChI is InChI=1S/C19H21N3O2S/c1-21(2)12-13-22(18(23)14-8-4-6-10-16(14)24-3)19-20-15-9-5-7-11-17(15)25-19/h4-11H,12-13H2,1-3H3/p+1. The predicted molar refractivity (Wildman–Crippen MR) is 102 cm³/mol. The number of amides is 1. The average Bonchev–Trinajstić information content (AvgIpc) is 3.05. The van der Waals surface area contributed by atoms with Crippen LogP contribution in [0, 0.1) is 0 Å². The van der Waals surface area contributed by atoms with E-state index in [9.17, 15) is 4.79 Å². The van der Waals surface area contributed by atoms with Crippen LogP contribution in [0.15, 0.2) is 48.5 Å². The highest BCUT2D eigenvalue weighted by Gasteiger charge is 2.24. The number of nitrogens with one attached hydrogen (secondary N) is 1. The number of hydrogen-bond donors (Lipinski definition) is 1. The number of benzene rings is 2. The fourth-order valence-electron chi connectivity index (χ4n) is 2.56. The van der Waals surface area contributed by atoms with Gasteiger partial charge in [0.05, 0.1) is 50.1 Å². The molecule has 25 heavy (non-hydrogen) atoms. The summed E-state index contributed by atoms with van der Waals surface area (Å²) in [6.45, 7) is 1.43. The minimum Gasteiger partial charge on any atom is -0.496 e. The van der Waals surface area contributed by atoms with E-state index in [-0.39, 0.29) is 5.91 Å². The molecule has 0 aliphatic carbocycles. The molecule has 5 nitrogen and oxygen atoms in total. The van der Waals surface area contributed by atoms with Crippen LogP contribution in [0.2, 0.25) is 0 Å². The Morgan fingerprint density at radius 3 is 2.60 bits per heavy atom. The Hall–Kier alpha value is -2.44. The molecule has 0 saturated carbocycles. The number of likely N-dealkylation sites (N-methyl/N-ethyl adjacent to an activating group) is 1. The van der Waals surface area contributed by atoms with Crippen LogP contribution in [0.5, 0.6) is 5.75 Å². The summed E-state index contributed by atoms with van der Waals surface area (Å²) in [5.41, 5.74) is 1.47. The quantitative estimate of drug-likeness (QED) is 0.736. The van der Waals surface area contributed by atoms with E-state index in [2.05, 4.69) is 19.1 Å². The van der Waals surface area contributed by atoms with Gasteiger partial charge in [0.25, 0.3) is 5.91 Å². The lowest BCUT2D eigenvalue weighted by molar-refractivity contribution is -0.856. The van der Waals surface area contributed by atoms with Crippen molar-refractivity contribution in [3.8, 4) is 5.75 Å². The van der Waals surface area contributed by atoms with Gasteiger partial charge in [-0.05, 0) is 24.3 Å². The zero-order valence-corrected chi connectivity index (χ0v) is 15.5. The first kappa shape index (κ1) is 17.4. The molecule has 3 aromatic rings. The van der Waals surface area contributed by atoms with E-state index in [1.54, 1.807) is 24.1 Å². The highest BCUT2D eigenvalue weighted by Crippen LogP contribution is 2.30. The van der Waals surface area contributed by atoms with Gasteiger partial charge in [-0.15, -0.1) is 0 Å². The molecule has 3 rings (SSSR count). The smallest absolute Gasteiger partial charge is 0.264 e. The number of carbonyl (C=O) groups is 1. The summed E-state index contributed by atoms with van der Waals surface area (Å²) >= 11 is 1.54. The summed E-state index contributed by atoms with van der Waals surface area (Å²) in [6.07, 6.45) is 0. The third-order valence-corrected chi connectivity index (χ3v) is 4.99. The molecule has 1 N–H and O–H groups in total. The lowest BCUT2D eigenvalue weighted by atomic mass is 10.1. The summed E-state index contributed by atoms with van der Waals surface area (Å²) in [5, 5.41) is 0.721. The average molecular weight is 356 g/mol. The van der Waals surface area contributed by atoms with E-state index in [0.29, 0.717) is 17.9 Å². The Labute approximate surface area is 151 Å². The Bertz CT molecular complexity index is 843. The number of ether oxygens (including phenoxy) is 1. The Balaban J connectivity index is 2.00. The van der Waals surface area contributed by atoms with Crippen LogP contribution in [0.3, 0.4) is 0 Å². The van der Waals surface area contributed by atoms with Crippen molar-refractivity contribution in [1.82, 2.24) is 4.98 Å². The molecule has 1 aromatic heterocycles. The molecular weight excluding hydrogens is 334 g/mol. The zero-order valence-electron chi connectivity index (χ0n) is 14.7. The maximum Gasteiger partial charge on any atom is 0.264 e. The van der Waals surface area contributed by atoms with Crippen molar-refractivity contribution in [3.63, 3.8) is 0 Å². The van der Waals surface area contributed by atoms with Gasteiger partial charge in [0.2, 0.25) is 0 Å². The van der Waals surface area contributed by atoms with E-state index in [0.717, 1.165) is 21.9 Å². The lowest BCUT2D eigenvalue weighted by Gasteiger charge is -2.21. The maximum absolute atomic E-state index is 13.2. The van der Waals surface area contributed by atoms with Crippen LogP contribution in [-0.4, -0.2) is 45.2 Å². The number of anilines is 1. The lowest BCUT2D eigenvalue weighted by Crippen LogP contribution is -3.06. The fraction of sp³-hybridized carbons (Fsp3) is 0.263. The van der Waals surface area contributed by atoms with E-state index >= 15 is 0 Å². The molecule has 2 aromatic carbocycles. The minimum absolute atomic E-state index is 0.0854. The van der Waals surface area contributed by atoms with Crippen molar-refractivity contribution in [3.05, 3.63) is 54.1 Å². The topological polar surface area (TPSA) is 46.9 Å². The van der Waals surface area contributed by atoms with Gasteiger partial charge in [-0.25, -0.2) is 4.98 Å². The van der Waals surface area contributed by atoms with E-state index < -0.39 is 0 Å². The number of nitrogens with zero attached hydrogens (tertiary/aromatic N) is 2. The number of aromatic nitrogens is 1. The summed E-state index contributed by atoms with van der Waals surface area (Å²) in [6, 6.07) is 15.3. The summed E-state index contributed by atoms with van der Waals surface area (Å²) < 4.78 is 6.44. The minimum atomic E-state index is -0.0854. The van der Waals surface area contributed by atoms with Crippen molar-refractivity contribution >= 4 is 32.6 Å². The second-order valence-corrected chi connectivity index (χ2v) is 7.09. The van der Waals surface area contributed by atoms with Gasteiger partial charge in [-0.3, -0.25) is 9.69 Å². The zero-order chi connectivity index (χ0) is 17.8. The van der Waals surface area contributed by atoms with Crippen LogP contribution in [0.1, 0.15) is 10.4 Å². The van der Waals surface area contributed by atoms with Crippen LogP contribution in [0.4, 0.5) is 5.13 Å². The molecule has 1 amide bonds. The number of thiazole rings is 1. The van der Waals surface area contributed by atoms with Gasteiger partial charge in [-0.2, -0.15) is 0 Å². The van der Waals surface area contributed by atoms with Gasteiger partial charge < -0.3 is 9.64 Å². The highest BCUT2D eigenvalue weighted by atomic mass is 32.1. The molecule has 0 bridgehead atoms. The van der Waals surface area contributed by atoms with Crippen molar-refractivity contribution < 1.29 is 14.4 Å². The highest BCUT2D eigenvalue weighted by molar-refractivity contribution is 7.22. The molecule has 6 heteroatoms. The van der Waals surface area contributed by atoms with Gasteiger partial charge in [-0.1, -0.05) is 35.6 Å². The number of rotatable bonds is 6. The molecule has 130 valence electrons. The third-order valence-electron chi connectivity index (χ3n) is 3.93. The second kappa shape index (κ2) is 7.63. The third kappa shape index (κ3) is 3.81. The van der Waals surface area contributed by atoms with E-state index in [4.69, 9.17) is 4.74 Å². The summed E-state index contributed by atoms with van der Waals surface area (Å²) in [7, 11) is 5.73. The van der Waals surface area contributed by atoms with Gasteiger partial charge in [0.15, 0.2) is 5.13 Å². The van der Waals surface area contributed by atoms with E-state index in [1.807, 2.05) is 36.4 Å². The van der Waals surface area contributed by atoms with E-state index in [1.165, 1.54) is 16.2 Å². The molecule has 0 atom stereocenters. The second-order valence-electron chi connectivity index (χ2n) is 6.08. The summed E-state index contributed by atoms with van der Waals surface area (Å²) in [5.74, 6) is 0.494. The SMILES string of the molecule is COc1ccccc1C(=O)N(CC[NH+](C)C)c1nc2ccccc2s1. The Morgan fingerprint density at radius 1 is 1.16 bits per heavy atom. The Kier molecular flexibility index (Phi) is 5.31. The molecule has 0 fully saturated rings. The first-order valence-electron chi connectivity index (χ1n) is 8.19. The van der Waals surface area contributed by atoms with Crippen molar-refractivity contribution in [2.24, 2.45) is 0 Å². The number of quaternary nitrogens is 1. The molecule has 0 aliphatic rings. The summed E-state index contributed by atoms with van der Waals surface area (Å²) in [4.78, 5) is 20.9. The van der Waals surface area contributed by atoms with Crippen LogP contribution >= 0.6 is 11.3 Å². The first-order chi connectivity index (χ1) is 12.1. The number of carbonyl (C=O) groups excluding carboxylic acids is 1. The monoisotopic (exact) mass is 356 g/mol. The molecule has 1 heterocycles. The van der Waals surface area contributed by atoms with Crippen LogP contribution in [0.25, 0.3) is 10.2 Å². The van der Waals surface area contributed by atoms with Crippen LogP contribution in [-0.2, 0) is 0 Å². The number of fused-ring (bicyclic) bond motifs is 1. The Morgan fingerprint density at radius 2 is 1.88 bits per heavy atom. The van der Waals surface area contributed by atoms with Crippen molar-refractivity contribution in [2.75, 3.05) is 39.2 Å². The van der Waals surface area contributed by atoms with Gasteiger partial charge in [0.1, 0.15) is 5.75 Å². The number of hydrogen-bond acceptors (Lipinski definition) is 4. The normalized spacial score (nSPS) is 11.0. The number of para-hydroxylation sites is 2. The first-order valence-corrected chi connectivity index (χ1v) is 9.01. The molecular formula is C19H22N3O2S+. The fourth-order valence-corrected chi connectivity index (χ4v) is 3.55. The molecule has 0 aliphatic heterocycles. The predicted octanol–water partition coefficient (Wildman–Crippen LogP) is 2.10. The maximum atomic E-state index is 13.2. The largest absolute Gasteiger partial charge is 0.496 e. The van der Waals surface area contributed by atoms with Crippen molar-refractivity contribution in [2.45, 2.75) is 0 Å². The number of methoxy groups -OCH3 is 1. The van der Waals surface area contributed by atoms with Gasteiger partial charge >= 0.3 is 0 Å². The van der Waals surface area contributed by atoms with Crippen LogP contribution < -0.4 is 14.5 Å². The molecule has 0 radical (unpaired) electrons. The molecule has 0 saturated heterocycles. The van der Waals surface area contributed by atoms with Crippen molar-refractivity contribution in [1.29, 1.82) is 0 Å².